The molecule has 1 aromatic rings. The van der Waals surface area contributed by atoms with Crippen molar-refractivity contribution in [3.63, 3.8) is 0 Å². The van der Waals surface area contributed by atoms with E-state index in [1.165, 1.54) is 32.1 Å². The highest BCUT2D eigenvalue weighted by atomic mass is 16.1. The lowest BCUT2D eigenvalue weighted by atomic mass is 10.1. The Kier molecular flexibility index (Phi) is 8.14. The minimum absolute atomic E-state index is 0.0586. The van der Waals surface area contributed by atoms with Crippen LogP contribution in [0.2, 0.25) is 0 Å². The monoisotopic (exact) mass is 272 g/mol. The highest BCUT2D eigenvalue weighted by Gasteiger charge is 2.02. The summed E-state index contributed by atoms with van der Waals surface area (Å²) >= 11 is 0. The lowest BCUT2D eigenvalue weighted by Gasteiger charge is -2.05. The van der Waals surface area contributed by atoms with E-state index in [1.54, 1.807) is 12.1 Å². The first-order valence-corrected chi connectivity index (χ1v) is 7.52. The Morgan fingerprint density at radius 2 is 1.75 bits per heavy atom. The molecule has 0 unspecified atom stereocenters. The number of amides is 1. The van der Waals surface area contributed by atoms with Crippen LogP contribution in [0.1, 0.15) is 56.6 Å². The summed E-state index contributed by atoms with van der Waals surface area (Å²) < 4.78 is 0. The summed E-state index contributed by atoms with van der Waals surface area (Å²) in [7, 11) is 0. The average Bonchev–Trinajstić information content (AvgIpc) is 2.47. The van der Waals surface area contributed by atoms with Crippen LogP contribution in [0.5, 0.6) is 0 Å². The van der Waals surface area contributed by atoms with Crippen LogP contribution in [0.3, 0.4) is 0 Å². The van der Waals surface area contributed by atoms with E-state index in [2.05, 4.69) is 18.3 Å². The smallest absolute Gasteiger partial charge is 0.224 e. The Balaban J connectivity index is 2.12. The molecule has 0 atom stereocenters. The fourth-order valence-corrected chi connectivity index (χ4v) is 2.08. The summed E-state index contributed by atoms with van der Waals surface area (Å²) in [6.45, 7) is 2.98. The molecule has 3 nitrogen and oxygen atoms in total. The Bertz CT molecular complexity index is 431. The van der Waals surface area contributed by atoms with Gasteiger partial charge in [0.15, 0.2) is 0 Å². The van der Waals surface area contributed by atoms with E-state index in [4.69, 9.17) is 5.26 Å². The molecule has 1 aromatic carbocycles. The van der Waals surface area contributed by atoms with E-state index in [0.29, 0.717) is 12.0 Å². The summed E-state index contributed by atoms with van der Waals surface area (Å²) in [6.07, 6.45) is 7.78. The number of hydrogen-bond acceptors (Lipinski definition) is 2. The maximum Gasteiger partial charge on any atom is 0.224 e. The van der Waals surface area contributed by atoms with Crippen molar-refractivity contribution in [2.75, 3.05) is 6.54 Å². The minimum atomic E-state index is 0.0586. The highest BCUT2D eigenvalue weighted by molar-refractivity contribution is 5.78. The van der Waals surface area contributed by atoms with E-state index >= 15 is 0 Å². The van der Waals surface area contributed by atoms with Gasteiger partial charge in [-0.05, 0) is 24.1 Å². The standard InChI is InChI=1S/C17H24N2O/c1-2-3-4-5-6-7-12-19-17(20)13-15-8-10-16(14-18)11-9-15/h8-11H,2-7,12-13H2,1H3,(H,19,20). The molecule has 0 aliphatic heterocycles. The Morgan fingerprint density at radius 1 is 1.10 bits per heavy atom. The number of rotatable bonds is 9. The molecule has 0 radical (unpaired) electrons. The molecule has 3 heteroatoms. The Labute approximate surface area is 122 Å². The van der Waals surface area contributed by atoms with Crippen LogP contribution in [0, 0.1) is 11.3 Å². The van der Waals surface area contributed by atoms with Gasteiger partial charge in [-0.1, -0.05) is 51.2 Å². The highest BCUT2D eigenvalue weighted by Crippen LogP contribution is 2.05. The quantitative estimate of drug-likeness (QED) is 0.699. The van der Waals surface area contributed by atoms with E-state index in [9.17, 15) is 4.79 Å². The molecule has 1 rings (SSSR count). The van der Waals surface area contributed by atoms with Gasteiger partial charge in [0.2, 0.25) is 5.91 Å². The molecular formula is C17H24N2O. The summed E-state index contributed by atoms with van der Waals surface area (Å²) in [5.74, 6) is 0.0586. The number of nitrogens with zero attached hydrogens (tertiary/aromatic N) is 1. The first-order valence-electron chi connectivity index (χ1n) is 7.52. The van der Waals surface area contributed by atoms with Gasteiger partial charge in [0, 0.05) is 6.54 Å². The molecule has 108 valence electrons. The molecule has 0 aliphatic carbocycles. The first kappa shape index (κ1) is 16.2. The summed E-state index contributed by atoms with van der Waals surface area (Å²) in [6, 6.07) is 9.23. The number of unbranched alkanes of at least 4 members (excludes halogenated alkanes) is 5. The van der Waals surface area contributed by atoms with Gasteiger partial charge in [0.1, 0.15) is 0 Å². The fraction of sp³-hybridized carbons (Fsp3) is 0.529. The van der Waals surface area contributed by atoms with Gasteiger partial charge >= 0.3 is 0 Å². The van der Waals surface area contributed by atoms with Gasteiger partial charge in [0.05, 0.1) is 18.1 Å². The van der Waals surface area contributed by atoms with Crippen LogP contribution in [0.4, 0.5) is 0 Å². The van der Waals surface area contributed by atoms with Gasteiger partial charge < -0.3 is 5.32 Å². The largest absolute Gasteiger partial charge is 0.356 e. The molecular weight excluding hydrogens is 248 g/mol. The normalized spacial score (nSPS) is 10.0. The topological polar surface area (TPSA) is 52.9 Å². The molecule has 0 fully saturated rings. The van der Waals surface area contributed by atoms with Gasteiger partial charge in [-0.3, -0.25) is 4.79 Å². The molecule has 1 N–H and O–H groups in total. The van der Waals surface area contributed by atoms with Crippen LogP contribution in [-0.2, 0) is 11.2 Å². The van der Waals surface area contributed by atoms with Crippen molar-refractivity contribution in [1.29, 1.82) is 5.26 Å². The Morgan fingerprint density at radius 3 is 2.40 bits per heavy atom. The lowest BCUT2D eigenvalue weighted by molar-refractivity contribution is -0.120. The van der Waals surface area contributed by atoms with E-state index in [0.717, 1.165) is 18.5 Å². The molecule has 0 spiro atoms. The molecule has 0 saturated carbocycles. The maximum absolute atomic E-state index is 11.7. The fourth-order valence-electron chi connectivity index (χ4n) is 2.08. The zero-order chi connectivity index (χ0) is 14.6. The molecule has 20 heavy (non-hydrogen) atoms. The second-order valence-corrected chi connectivity index (χ2v) is 5.10. The van der Waals surface area contributed by atoms with Gasteiger partial charge in [-0.15, -0.1) is 0 Å². The second-order valence-electron chi connectivity index (χ2n) is 5.10. The molecule has 1 amide bonds. The third-order valence-corrected chi connectivity index (χ3v) is 3.30. The van der Waals surface area contributed by atoms with Crippen molar-refractivity contribution in [3.05, 3.63) is 35.4 Å². The van der Waals surface area contributed by atoms with Crippen LogP contribution in [0.25, 0.3) is 0 Å². The number of nitriles is 1. The number of hydrogen-bond donors (Lipinski definition) is 1. The van der Waals surface area contributed by atoms with Crippen molar-refractivity contribution in [3.8, 4) is 6.07 Å². The maximum atomic E-state index is 11.7. The van der Waals surface area contributed by atoms with Crippen LogP contribution in [-0.4, -0.2) is 12.5 Å². The minimum Gasteiger partial charge on any atom is -0.356 e. The first-order chi connectivity index (χ1) is 9.76. The van der Waals surface area contributed by atoms with Crippen LogP contribution >= 0.6 is 0 Å². The lowest BCUT2D eigenvalue weighted by Crippen LogP contribution is -2.26. The number of nitrogens with one attached hydrogen (secondary N) is 1. The molecule has 0 aliphatic rings. The van der Waals surface area contributed by atoms with Crippen molar-refractivity contribution in [2.45, 2.75) is 51.9 Å². The third kappa shape index (κ3) is 6.94. The molecule has 0 heterocycles. The number of carbonyl (C=O) groups excluding carboxylic acids is 1. The summed E-state index contributed by atoms with van der Waals surface area (Å²) in [5, 5.41) is 11.6. The van der Waals surface area contributed by atoms with Crippen LogP contribution in [0.15, 0.2) is 24.3 Å². The predicted octanol–water partition coefficient (Wildman–Crippen LogP) is 3.58. The number of benzene rings is 1. The van der Waals surface area contributed by atoms with Crippen molar-refractivity contribution in [2.24, 2.45) is 0 Å². The molecule has 0 aromatic heterocycles. The Hall–Kier alpha value is -1.82. The average molecular weight is 272 g/mol. The zero-order valence-corrected chi connectivity index (χ0v) is 12.3. The van der Waals surface area contributed by atoms with Gasteiger partial charge in [0.25, 0.3) is 0 Å². The van der Waals surface area contributed by atoms with Crippen molar-refractivity contribution < 1.29 is 4.79 Å². The number of carbonyl (C=O) groups is 1. The van der Waals surface area contributed by atoms with Crippen LogP contribution < -0.4 is 5.32 Å². The van der Waals surface area contributed by atoms with Gasteiger partial charge in [-0.25, -0.2) is 0 Å². The second kappa shape index (κ2) is 10.0. The summed E-state index contributed by atoms with van der Waals surface area (Å²) in [4.78, 5) is 11.7. The van der Waals surface area contributed by atoms with Gasteiger partial charge in [-0.2, -0.15) is 5.26 Å². The molecule has 0 saturated heterocycles. The molecule has 0 bridgehead atoms. The van der Waals surface area contributed by atoms with E-state index in [-0.39, 0.29) is 5.91 Å². The third-order valence-electron chi connectivity index (χ3n) is 3.30. The predicted molar refractivity (Wildman–Crippen MR) is 81.2 cm³/mol. The van der Waals surface area contributed by atoms with Crippen molar-refractivity contribution in [1.82, 2.24) is 5.32 Å². The van der Waals surface area contributed by atoms with E-state index in [1.807, 2.05) is 12.1 Å². The van der Waals surface area contributed by atoms with E-state index < -0.39 is 0 Å². The zero-order valence-electron chi connectivity index (χ0n) is 12.3. The SMILES string of the molecule is CCCCCCCCNC(=O)Cc1ccc(C#N)cc1. The summed E-state index contributed by atoms with van der Waals surface area (Å²) in [5.41, 5.74) is 1.57. The van der Waals surface area contributed by atoms with Crippen molar-refractivity contribution >= 4 is 5.91 Å².